The van der Waals surface area contributed by atoms with Crippen LogP contribution in [0, 0.1) is 0 Å². The Morgan fingerprint density at radius 2 is 2.00 bits per heavy atom. The summed E-state index contributed by atoms with van der Waals surface area (Å²) in [6, 6.07) is 9.27. The summed E-state index contributed by atoms with van der Waals surface area (Å²) in [6.07, 6.45) is 0. The second-order valence-electron chi connectivity index (χ2n) is 2.20. The van der Waals surface area contributed by atoms with Crippen molar-refractivity contribution in [2.24, 2.45) is 5.73 Å². The van der Waals surface area contributed by atoms with Crippen molar-refractivity contribution in [1.29, 1.82) is 0 Å². The molecule has 1 aromatic rings. The highest BCUT2D eigenvalue weighted by molar-refractivity contribution is 8.22. The lowest BCUT2D eigenvalue weighted by Gasteiger charge is -2.07. The van der Waals surface area contributed by atoms with Crippen LogP contribution in [0.2, 0.25) is 0 Å². The van der Waals surface area contributed by atoms with Crippen molar-refractivity contribution in [1.82, 2.24) is 0 Å². The molecule has 64 valence electrons. The number of aliphatic hydroxyl groups excluding tert-OH is 1. The maximum absolute atomic E-state index is 9.49. The minimum Gasteiger partial charge on any atom is -0.385 e. The van der Waals surface area contributed by atoms with E-state index in [1.54, 1.807) is 0 Å². The van der Waals surface area contributed by atoms with Crippen LogP contribution < -0.4 is 5.73 Å². The third-order valence-corrected chi connectivity index (χ3v) is 2.33. The molecule has 1 rings (SSSR count). The van der Waals surface area contributed by atoms with Gasteiger partial charge in [-0.1, -0.05) is 54.3 Å². The molecule has 1 aromatic carbocycles. The lowest BCUT2D eigenvalue weighted by molar-refractivity contribution is 0.271. The molecule has 1 unspecified atom stereocenters. The quantitative estimate of drug-likeness (QED) is 0.561. The molecule has 0 bridgehead atoms. The Balaban J connectivity index is 2.65. The zero-order chi connectivity index (χ0) is 8.97. The summed E-state index contributed by atoms with van der Waals surface area (Å²) in [6.45, 7) is 0. The van der Waals surface area contributed by atoms with Gasteiger partial charge in [-0.15, -0.1) is 0 Å². The molecule has 0 fully saturated rings. The van der Waals surface area contributed by atoms with Crippen molar-refractivity contribution in [2.45, 2.75) is 5.44 Å². The Morgan fingerprint density at radius 3 is 2.50 bits per heavy atom. The highest BCUT2D eigenvalue weighted by Gasteiger charge is 2.07. The van der Waals surface area contributed by atoms with Crippen molar-refractivity contribution in [3.63, 3.8) is 0 Å². The Morgan fingerprint density at radius 1 is 1.42 bits per heavy atom. The predicted molar refractivity (Wildman–Crippen MR) is 55.8 cm³/mol. The summed E-state index contributed by atoms with van der Waals surface area (Å²) in [5.74, 6) is 0. The van der Waals surface area contributed by atoms with Gasteiger partial charge in [0.15, 0.2) is 0 Å². The maximum Gasteiger partial charge on any atom is 0.133 e. The first kappa shape index (κ1) is 9.51. The second-order valence-corrected chi connectivity index (χ2v) is 4.02. The molecule has 0 aliphatic rings. The van der Waals surface area contributed by atoms with Crippen molar-refractivity contribution in [3.8, 4) is 0 Å². The molecule has 4 heteroatoms. The zero-order valence-electron chi connectivity index (χ0n) is 6.31. The van der Waals surface area contributed by atoms with E-state index in [1.807, 2.05) is 30.3 Å². The van der Waals surface area contributed by atoms with Crippen LogP contribution in [0.1, 0.15) is 11.0 Å². The summed E-state index contributed by atoms with van der Waals surface area (Å²) in [5.41, 5.74) is 5.43. The van der Waals surface area contributed by atoms with Gasteiger partial charge in [-0.3, -0.25) is 0 Å². The molecule has 0 radical (unpaired) electrons. The first-order chi connectivity index (χ1) is 5.70. The van der Waals surface area contributed by atoms with Gasteiger partial charge in [-0.2, -0.15) is 0 Å². The van der Waals surface area contributed by atoms with Gasteiger partial charge in [-0.25, -0.2) is 0 Å². The summed E-state index contributed by atoms with van der Waals surface area (Å²) < 4.78 is 0.256. The van der Waals surface area contributed by atoms with E-state index in [2.05, 4.69) is 12.2 Å². The van der Waals surface area contributed by atoms with E-state index in [4.69, 9.17) is 5.73 Å². The van der Waals surface area contributed by atoms with Crippen molar-refractivity contribution in [3.05, 3.63) is 35.9 Å². The minimum atomic E-state index is -0.649. The molecular weight excluding hydrogens is 190 g/mol. The summed E-state index contributed by atoms with van der Waals surface area (Å²) in [7, 11) is 0. The fourth-order valence-electron chi connectivity index (χ4n) is 0.796. The molecule has 0 aromatic heterocycles. The largest absolute Gasteiger partial charge is 0.385 e. The van der Waals surface area contributed by atoms with Gasteiger partial charge in [0, 0.05) is 0 Å². The molecular formula is C8H9NOS2. The molecule has 0 saturated heterocycles. The molecule has 0 aliphatic heterocycles. The molecule has 1 atom stereocenters. The van der Waals surface area contributed by atoms with E-state index >= 15 is 0 Å². The normalized spacial score (nSPS) is 12.4. The standard InChI is InChI=1S/C8H9NOS2/c9-8(11)12-7(10)6-4-2-1-3-5-6/h1-5,7,10H,(H2,9,11). The lowest BCUT2D eigenvalue weighted by Crippen LogP contribution is -2.05. The fraction of sp³-hybridized carbons (Fsp3) is 0.125. The van der Waals surface area contributed by atoms with Crippen LogP contribution in [0.15, 0.2) is 30.3 Å². The maximum atomic E-state index is 9.49. The van der Waals surface area contributed by atoms with Crippen LogP contribution in [-0.4, -0.2) is 9.43 Å². The highest BCUT2D eigenvalue weighted by Crippen LogP contribution is 2.24. The van der Waals surface area contributed by atoms with Crippen LogP contribution in [-0.2, 0) is 0 Å². The Bertz CT molecular complexity index is 263. The number of nitrogens with two attached hydrogens (primary N) is 1. The third-order valence-electron chi connectivity index (χ3n) is 1.31. The van der Waals surface area contributed by atoms with Crippen molar-refractivity contribution >= 4 is 28.3 Å². The minimum absolute atomic E-state index is 0.256. The van der Waals surface area contributed by atoms with Gasteiger partial charge in [-0.05, 0) is 5.56 Å². The van der Waals surface area contributed by atoms with Crippen LogP contribution in [0.4, 0.5) is 0 Å². The number of hydrogen-bond donors (Lipinski definition) is 2. The zero-order valence-corrected chi connectivity index (χ0v) is 7.94. The third kappa shape index (κ3) is 2.81. The molecule has 0 heterocycles. The summed E-state index contributed by atoms with van der Waals surface area (Å²) in [5, 5.41) is 9.49. The van der Waals surface area contributed by atoms with E-state index in [-0.39, 0.29) is 4.32 Å². The number of rotatable bonds is 2. The second kappa shape index (κ2) is 4.45. The first-order valence-electron chi connectivity index (χ1n) is 3.39. The van der Waals surface area contributed by atoms with E-state index in [9.17, 15) is 5.11 Å². The van der Waals surface area contributed by atoms with Crippen molar-refractivity contribution < 1.29 is 5.11 Å². The summed E-state index contributed by atoms with van der Waals surface area (Å²) >= 11 is 5.72. The average Bonchev–Trinajstić information content (AvgIpc) is 2.05. The monoisotopic (exact) mass is 199 g/mol. The van der Waals surface area contributed by atoms with E-state index < -0.39 is 5.44 Å². The molecule has 0 saturated carbocycles. The molecule has 0 aliphatic carbocycles. The topological polar surface area (TPSA) is 46.2 Å². The Labute approximate surface area is 80.8 Å². The van der Waals surface area contributed by atoms with Gasteiger partial charge >= 0.3 is 0 Å². The fourth-order valence-corrected chi connectivity index (χ4v) is 1.58. The average molecular weight is 199 g/mol. The van der Waals surface area contributed by atoms with E-state index in [0.717, 1.165) is 17.3 Å². The molecule has 0 spiro atoms. The van der Waals surface area contributed by atoms with Crippen LogP contribution in [0.25, 0.3) is 0 Å². The number of hydrogen-bond acceptors (Lipinski definition) is 3. The van der Waals surface area contributed by atoms with Crippen LogP contribution in [0.3, 0.4) is 0 Å². The Hall–Kier alpha value is -0.580. The molecule has 3 N–H and O–H groups in total. The SMILES string of the molecule is NC(=S)SC(O)c1ccccc1. The number of thiocarbonyl (C=S) groups is 1. The van der Waals surface area contributed by atoms with Gasteiger partial charge in [0.1, 0.15) is 9.76 Å². The van der Waals surface area contributed by atoms with Gasteiger partial charge in [0.25, 0.3) is 0 Å². The van der Waals surface area contributed by atoms with E-state index in [0.29, 0.717) is 0 Å². The predicted octanol–water partition coefficient (Wildman–Crippen LogP) is 1.65. The summed E-state index contributed by atoms with van der Waals surface area (Å²) in [4.78, 5) is 0. The van der Waals surface area contributed by atoms with Crippen LogP contribution in [0.5, 0.6) is 0 Å². The van der Waals surface area contributed by atoms with Crippen molar-refractivity contribution in [2.75, 3.05) is 0 Å². The molecule has 2 nitrogen and oxygen atoms in total. The highest BCUT2D eigenvalue weighted by atomic mass is 32.2. The molecule has 0 amide bonds. The van der Waals surface area contributed by atoms with Gasteiger partial charge in [0.05, 0.1) is 0 Å². The molecule has 12 heavy (non-hydrogen) atoms. The number of thioether (sulfide) groups is 1. The van der Waals surface area contributed by atoms with Crippen LogP contribution >= 0.6 is 24.0 Å². The lowest BCUT2D eigenvalue weighted by atomic mass is 10.2. The van der Waals surface area contributed by atoms with Gasteiger partial charge < -0.3 is 10.8 Å². The Kier molecular flexibility index (Phi) is 3.52. The van der Waals surface area contributed by atoms with E-state index in [1.165, 1.54) is 0 Å². The number of aliphatic hydroxyl groups is 1. The first-order valence-corrected chi connectivity index (χ1v) is 4.68. The smallest absolute Gasteiger partial charge is 0.133 e. The number of benzene rings is 1. The van der Waals surface area contributed by atoms with Gasteiger partial charge in [0.2, 0.25) is 0 Å².